The second kappa shape index (κ2) is 9.40. The largest absolute Gasteiger partial charge is 0.497 e. The van der Waals surface area contributed by atoms with Crippen molar-refractivity contribution in [1.29, 1.82) is 0 Å². The van der Waals surface area contributed by atoms with Crippen LogP contribution >= 0.6 is 0 Å². The number of carbonyl (C=O) groups excluding carboxylic acids is 1. The molecule has 2 aromatic carbocycles. The predicted octanol–water partition coefficient (Wildman–Crippen LogP) is 3.35. The van der Waals surface area contributed by atoms with E-state index in [1.165, 1.54) is 5.69 Å². The number of hydrogen-bond acceptors (Lipinski definition) is 3. The van der Waals surface area contributed by atoms with Crippen LogP contribution in [-0.2, 0) is 4.79 Å². The molecule has 1 N–H and O–H groups in total. The Labute approximate surface area is 143 Å². The lowest BCUT2D eigenvalue weighted by Gasteiger charge is -2.19. The molecule has 2 aromatic rings. The van der Waals surface area contributed by atoms with Crippen LogP contribution in [0.25, 0.3) is 6.08 Å². The Morgan fingerprint density at radius 2 is 1.83 bits per heavy atom. The fourth-order valence-corrected chi connectivity index (χ4v) is 2.29. The summed E-state index contributed by atoms with van der Waals surface area (Å²) >= 11 is 0. The molecular weight excluding hydrogens is 300 g/mol. The number of ether oxygens (including phenoxy) is 1. The molecule has 0 aliphatic carbocycles. The Morgan fingerprint density at radius 1 is 1.12 bits per heavy atom. The van der Waals surface area contributed by atoms with Crippen molar-refractivity contribution in [2.75, 3.05) is 32.1 Å². The summed E-state index contributed by atoms with van der Waals surface area (Å²) in [5, 5.41) is 2.91. The van der Waals surface area contributed by atoms with Crippen molar-refractivity contribution in [3.8, 4) is 5.75 Å². The summed E-state index contributed by atoms with van der Waals surface area (Å²) in [7, 11) is 3.69. The SMILES string of the molecule is COc1ccc(/C=C/C(=O)NCCCN(C)c2ccccc2)cc1. The summed E-state index contributed by atoms with van der Waals surface area (Å²) in [4.78, 5) is 14.0. The molecule has 4 heteroatoms. The van der Waals surface area contributed by atoms with Crippen LogP contribution in [0.4, 0.5) is 5.69 Å². The fraction of sp³-hybridized carbons (Fsp3) is 0.250. The third kappa shape index (κ3) is 5.80. The number of para-hydroxylation sites is 1. The first kappa shape index (κ1) is 17.6. The van der Waals surface area contributed by atoms with Gasteiger partial charge in [0.05, 0.1) is 7.11 Å². The van der Waals surface area contributed by atoms with E-state index in [0.717, 1.165) is 24.3 Å². The smallest absolute Gasteiger partial charge is 0.244 e. The van der Waals surface area contributed by atoms with Crippen LogP contribution < -0.4 is 15.0 Å². The van der Waals surface area contributed by atoms with Gasteiger partial charge in [-0.3, -0.25) is 4.79 Å². The number of carbonyl (C=O) groups is 1. The zero-order chi connectivity index (χ0) is 17.2. The van der Waals surface area contributed by atoms with E-state index in [4.69, 9.17) is 4.74 Å². The van der Waals surface area contributed by atoms with Crippen molar-refractivity contribution in [1.82, 2.24) is 5.32 Å². The third-order valence-electron chi connectivity index (χ3n) is 3.71. The lowest BCUT2D eigenvalue weighted by atomic mass is 10.2. The predicted molar refractivity (Wildman–Crippen MR) is 99.4 cm³/mol. The zero-order valence-corrected chi connectivity index (χ0v) is 14.2. The van der Waals surface area contributed by atoms with Gasteiger partial charge in [0, 0.05) is 31.9 Å². The summed E-state index contributed by atoms with van der Waals surface area (Å²) in [6, 6.07) is 17.8. The number of nitrogens with zero attached hydrogens (tertiary/aromatic N) is 1. The molecule has 0 spiro atoms. The van der Waals surface area contributed by atoms with E-state index in [1.54, 1.807) is 19.3 Å². The minimum atomic E-state index is -0.0758. The van der Waals surface area contributed by atoms with Crippen LogP contribution in [0.15, 0.2) is 60.7 Å². The highest BCUT2D eigenvalue weighted by molar-refractivity contribution is 5.91. The molecule has 0 saturated heterocycles. The Balaban J connectivity index is 1.68. The molecule has 126 valence electrons. The summed E-state index contributed by atoms with van der Waals surface area (Å²) in [6.45, 7) is 1.55. The first-order valence-corrected chi connectivity index (χ1v) is 8.05. The first-order valence-electron chi connectivity index (χ1n) is 8.05. The quantitative estimate of drug-likeness (QED) is 0.598. The molecule has 0 atom stereocenters. The number of amides is 1. The van der Waals surface area contributed by atoms with E-state index < -0.39 is 0 Å². The Morgan fingerprint density at radius 3 is 2.50 bits per heavy atom. The lowest BCUT2D eigenvalue weighted by molar-refractivity contribution is -0.116. The van der Waals surface area contributed by atoms with E-state index >= 15 is 0 Å². The van der Waals surface area contributed by atoms with Gasteiger partial charge in [0.2, 0.25) is 5.91 Å². The number of hydrogen-bond donors (Lipinski definition) is 1. The van der Waals surface area contributed by atoms with Crippen LogP contribution in [0.3, 0.4) is 0 Å². The van der Waals surface area contributed by atoms with Gasteiger partial charge in [-0.15, -0.1) is 0 Å². The minimum Gasteiger partial charge on any atom is -0.497 e. The maximum atomic E-state index is 11.8. The summed E-state index contributed by atoms with van der Waals surface area (Å²) in [5.74, 6) is 0.729. The van der Waals surface area contributed by atoms with Crippen LogP contribution in [0.2, 0.25) is 0 Å². The third-order valence-corrected chi connectivity index (χ3v) is 3.71. The average Bonchev–Trinajstić information content (AvgIpc) is 2.64. The van der Waals surface area contributed by atoms with E-state index in [2.05, 4.69) is 29.4 Å². The van der Waals surface area contributed by atoms with Gasteiger partial charge in [0.25, 0.3) is 0 Å². The zero-order valence-electron chi connectivity index (χ0n) is 14.2. The molecular formula is C20H24N2O2. The number of anilines is 1. The number of methoxy groups -OCH3 is 1. The van der Waals surface area contributed by atoms with Crippen molar-refractivity contribution in [3.63, 3.8) is 0 Å². The van der Waals surface area contributed by atoms with Crippen molar-refractivity contribution < 1.29 is 9.53 Å². The molecule has 0 unspecified atom stereocenters. The molecule has 0 saturated carbocycles. The number of benzene rings is 2. The summed E-state index contributed by atoms with van der Waals surface area (Å²) < 4.78 is 5.10. The molecule has 0 aliphatic rings. The summed E-state index contributed by atoms with van der Waals surface area (Å²) in [6.07, 6.45) is 4.25. The standard InChI is InChI=1S/C20H24N2O2/c1-22(18-7-4-3-5-8-18)16-6-15-21-20(23)14-11-17-9-12-19(24-2)13-10-17/h3-5,7-14H,6,15-16H2,1-2H3,(H,21,23)/b14-11+. The second-order valence-corrected chi connectivity index (χ2v) is 5.51. The van der Waals surface area contributed by atoms with Crippen molar-refractivity contribution in [2.24, 2.45) is 0 Å². The maximum Gasteiger partial charge on any atom is 0.244 e. The van der Waals surface area contributed by atoms with Gasteiger partial charge in [-0.2, -0.15) is 0 Å². The average molecular weight is 324 g/mol. The van der Waals surface area contributed by atoms with Crippen molar-refractivity contribution >= 4 is 17.7 Å². The lowest BCUT2D eigenvalue weighted by Crippen LogP contribution is -2.26. The van der Waals surface area contributed by atoms with Crippen molar-refractivity contribution in [2.45, 2.75) is 6.42 Å². The Hall–Kier alpha value is -2.75. The highest BCUT2D eigenvalue weighted by Crippen LogP contribution is 2.12. The summed E-state index contributed by atoms with van der Waals surface area (Å²) in [5.41, 5.74) is 2.15. The minimum absolute atomic E-state index is 0.0758. The molecule has 0 aromatic heterocycles. The first-order chi connectivity index (χ1) is 11.7. The van der Waals surface area contributed by atoms with Gasteiger partial charge < -0.3 is 15.0 Å². The topological polar surface area (TPSA) is 41.6 Å². The van der Waals surface area contributed by atoms with Crippen LogP contribution in [0, 0.1) is 0 Å². The van der Waals surface area contributed by atoms with Crippen LogP contribution in [-0.4, -0.2) is 33.2 Å². The molecule has 4 nitrogen and oxygen atoms in total. The Bertz CT molecular complexity index is 651. The van der Waals surface area contributed by atoms with Crippen molar-refractivity contribution in [3.05, 3.63) is 66.2 Å². The molecule has 0 heterocycles. The molecule has 0 bridgehead atoms. The highest BCUT2D eigenvalue weighted by atomic mass is 16.5. The monoisotopic (exact) mass is 324 g/mol. The number of nitrogens with one attached hydrogen (secondary N) is 1. The van der Waals surface area contributed by atoms with E-state index in [1.807, 2.05) is 42.5 Å². The number of rotatable bonds is 8. The molecule has 0 radical (unpaired) electrons. The van der Waals surface area contributed by atoms with Gasteiger partial charge in [0.15, 0.2) is 0 Å². The maximum absolute atomic E-state index is 11.8. The van der Waals surface area contributed by atoms with E-state index in [-0.39, 0.29) is 5.91 Å². The van der Waals surface area contributed by atoms with Gasteiger partial charge in [-0.25, -0.2) is 0 Å². The molecule has 1 amide bonds. The normalized spacial score (nSPS) is 10.6. The second-order valence-electron chi connectivity index (χ2n) is 5.51. The van der Waals surface area contributed by atoms with Gasteiger partial charge in [0.1, 0.15) is 5.75 Å². The van der Waals surface area contributed by atoms with Gasteiger partial charge in [-0.05, 0) is 42.3 Å². The molecule has 0 fully saturated rings. The Kier molecular flexibility index (Phi) is 6.90. The fourth-order valence-electron chi connectivity index (χ4n) is 2.29. The van der Waals surface area contributed by atoms with Crippen LogP contribution in [0.1, 0.15) is 12.0 Å². The van der Waals surface area contributed by atoms with E-state index in [0.29, 0.717) is 6.54 Å². The van der Waals surface area contributed by atoms with Crippen LogP contribution in [0.5, 0.6) is 5.75 Å². The van der Waals surface area contributed by atoms with Gasteiger partial charge in [-0.1, -0.05) is 30.3 Å². The molecule has 24 heavy (non-hydrogen) atoms. The van der Waals surface area contributed by atoms with Gasteiger partial charge >= 0.3 is 0 Å². The highest BCUT2D eigenvalue weighted by Gasteiger charge is 2.00. The molecule has 0 aliphatic heterocycles. The van der Waals surface area contributed by atoms with E-state index in [9.17, 15) is 4.79 Å². The molecule has 2 rings (SSSR count).